The number of aliphatic hydroxyl groups excluding tert-OH is 1. The fraction of sp³-hybridized carbons (Fsp3) is 0.483. The van der Waals surface area contributed by atoms with Gasteiger partial charge in [-0.2, -0.15) is 0 Å². The van der Waals surface area contributed by atoms with Gasteiger partial charge in [-0.05, 0) is 98.5 Å². The van der Waals surface area contributed by atoms with E-state index in [0.717, 1.165) is 74.7 Å². The minimum atomic E-state index is -0.366. The molecule has 0 spiro atoms. The van der Waals surface area contributed by atoms with Crippen molar-refractivity contribution in [2.75, 3.05) is 32.7 Å². The molecule has 0 aliphatic carbocycles. The number of hydrogen-bond donors (Lipinski definition) is 2. The van der Waals surface area contributed by atoms with Crippen LogP contribution >= 0.6 is 11.6 Å². The summed E-state index contributed by atoms with van der Waals surface area (Å²) in [5.74, 6) is 0.644. The molecule has 2 aromatic carbocycles. The van der Waals surface area contributed by atoms with Crippen LogP contribution in [0.4, 0.5) is 4.39 Å². The maximum Gasteiger partial charge on any atom is 0.222 e. The second kappa shape index (κ2) is 11.3. The summed E-state index contributed by atoms with van der Waals surface area (Å²) in [7, 11) is 0. The van der Waals surface area contributed by atoms with E-state index in [9.17, 15) is 14.3 Å². The molecule has 3 aromatic rings. The van der Waals surface area contributed by atoms with Gasteiger partial charge in [0.2, 0.25) is 5.91 Å². The standard InChI is InChI=1S/C29H35ClFN3O2/c30-23-4-1-20(2-5-23)3-8-29(36)34-15-11-22(12-16-34)28(35)19-33-13-9-21(10-14-33)26-18-32-27-7-6-24(31)17-25(26)27/h1-2,4-7,17-18,21-22,28,32,35H,3,8-16,19H2. The molecule has 2 aliphatic heterocycles. The first-order valence-electron chi connectivity index (χ1n) is 13.2. The maximum absolute atomic E-state index is 13.8. The number of fused-ring (bicyclic) bond motifs is 1. The Morgan fingerprint density at radius 2 is 1.78 bits per heavy atom. The SMILES string of the molecule is O=C(CCc1ccc(Cl)cc1)N1CCC(C(O)CN2CCC(c3c[nH]c4ccc(F)cc34)CC2)CC1. The largest absolute Gasteiger partial charge is 0.392 e. The van der Waals surface area contributed by atoms with E-state index >= 15 is 0 Å². The summed E-state index contributed by atoms with van der Waals surface area (Å²) < 4.78 is 13.8. The normalized spacial score (nSPS) is 19.1. The molecule has 1 unspecified atom stereocenters. The molecule has 1 aromatic heterocycles. The summed E-state index contributed by atoms with van der Waals surface area (Å²) in [4.78, 5) is 20.3. The second-order valence-electron chi connectivity index (χ2n) is 10.4. The molecule has 2 N–H and O–H groups in total. The number of nitrogens with zero attached hydrogens (tertiary/aromatic N) is 2. The highest BCUT2D eigenvalue weighted by Crippen LogP contribution is 2.34. The lowest BCUT2D eigenvalue weighted by Crippen LogP contribution is -2.45. The summed E-state index contributed by atoms with van der Waals surface area (Å²) in [5, 5.41) is 12.6. The van der Waals surface area contributed by atoms with Crippen LogP contribution in [0.1, 0.15) is 49.1 Å². The fourth-order valence-electron chi connectivity index (χ4n) is 5.89. The van der Waals surface area contributed by atoms with E-state index in [1.807, 2.05) is 35.4 Å². The van der Waals surface area contributed by atoms with Crippen LogP contribution in [-0.4, -0.2) is 64.6 Å². The van der Waals surface area contributed by atoms with E-state index in [-0.39, 0.29) is 23.7 Å². The number of carbonyl (C=O) groups is 1. The molecule has 5 rings (SSSR count). The minimum Gasteiger partial charge on any atom is -0.392 e. The smallest absolute Gasteiger partial charge is 0.222 e. The first-order valence-corrected chi connectivity index (χ1v) is 13.5. The number of amides is 1. The third kappa shape index (κ3) is 5.93. The minimum absolute atomic E-state index is 0.192. The zero-order valence-electron chi connectivity index (χ0n) is 20.6. The number of aliphatic hydroxyl groups is 1. The predicted molar refractivity (Wildman–Crippen MR) is 142 cm³/mol. The Hall–Kier alpha value is -2.41. The van der Waals surface area contributed by atoms with Gasteiger partial charge >= 0.3 is 0 Å². The molecule has 36 heavy (non-hydrogen) atoms. The zero-order valence-corrected chi connectivity index (χ0v) is 21.4. The van der Waals surface area contributed by atoms with Gasteiger partial charge in [-0.3, -0.25) is 4.79 Å². The van der Waals surface area contributed by atoms with Gasteiger partial charge in [0.15, 0.2) is 0 Å². The molecule has 2 aliphatic rings. The Bertz CT molecular complexity index is 1160. The van der Waals surface area contributed by atoms with Crippen LogP contribution in [0.2, 0.25) is 5.02 Å². The molecule has 0 bridgehead atoms. The third-order valence-corrected chi connectivity index (χ3v) is 8.38. The van der Waals surface area contributed by atoms with Crippen molar-refractivity contribution in [3.63, 3.8) is 0 Å². The molecule has 1 atom stereocenters. The number of hydrogen-bond acceptors (Lipinski definition) is 3. The summed E-state index contributed by atoms with van der Waals surface area (Å²) >= 11 is 5.94. The van der Waals surface area contributed by atoms with Gasteiger partial charge in [-0.1, -0.05) is 23.7 Å². The first-order chi connectivity index (χ1) is 17.5. The van der Waals surface area contributed by atoms with Crippen LogP contribution < -0.4 is 0 Å². The van der Waals surface area contributed by atoms with E-state index in [0.29, 0.717) is 23.9 Å². The van der Waals surface area contributed by atoms with E-state index in [2.05, 4.69) is 9.88 Å². The number of rotatable bonds is 7. The molecular weight excluding hydrogens is 477 g/mol. The average molecular weight is 512 g/mol. The lowest BCUT2D eigenvalue weighted by Gasteiger charge is -2.38. The van der Waals surface area contributed by atoms with Crippen LogP contribution in [-0.2, 0) is 11.2 Å². The van der Waals surface area contributed by atoms with Gasteiger partial charge in [0.25, 0.3) is 0 Å². The van der Waals surface area contributed by atoms with Crippen molar-refractivity contribution in [1.29, 1.82) is 0 Å². The van der Waals surface area contributed by atoms with E-state index in [1.165, 1.54) is 11.6 Å². The number of β-amino-alcohol motifs (C(OH)–C–C–N with tert-alkyl or cyclic N) is 1. The van der Waals surface area contributed by atoms with Gasteiger partial charge in [-0.15, -0.1) is 0 Å². The van der Waals surface area contributed by atoms with Gasteiger partial charge < -0.3 is 19.9 Å². The van der Waals surface area contributed by atoms with Crippen molar-refractivity contribution in [3.05, 3.63) is 70.6 Å². The van der Waals surface area contributed by atoms with Crippen molar-refractivity contribution in [1.82, 2.24) is 14.8 Å². The van der Waals surface area contributed by atoms with Gasteiger partial charge in [0, 0.05) is 48.2 Å². The number of aryl methyl sites for hydroxylation is 1. The number of nitrogens with one attached hydrogen (secondary N) is 1. The number of halogens is 2. The van der Waals surface area contributed by atoms with Crippen molar-refractivity contribution >= 4 is 28.4 Å². The number of piperidine rings is 2. The fourth-order valence-corrected chi connectivity index (χ4v) is 6.01. The summed E-state index contributed by atoms with van der Waals surface area (Å²) in [6.07, 6.45) is 6.62. The molecule has 1 amide bonds. The molecule has 2 saturated heterocycles. The van der Waals surface area contributed by atoms with Gasteiger partial charge in [0.1, 0.15) is 5.82 Å². The highest BCUT2D eigenvalue weighted by atomic mass is 35.5. The highest BCUT2D eigenvalue weighted by molar-refractivity contribution is 6.30. The molecular formula is C29H35ClFN3O2. The lowest BCUT2D eigenvalue weighted by molar-refractivity contribution is -0.133. The van der Waals surface area contributed by atoms with Crippen LogP contribution in [0.3, 0.4) is 0 Å². The number of H-pyrrole nitrogens is 1. The van der Waals surface area contributed by atoms with E-state index in [1.54, 1.807) is 12.1 Å². The Morgan fingerprint density at radius 3 is 2.50 bits per heavy atom. The van der Waals surface area contributed by atoms with E-state index in [4.69, 9.17) is 11.6 Å². The molecule has 2 fully saturated rings. The number of likely N-dealkylation sites (tertiary alicyclic amines) is 2. The molecule has 0 radical (unpaired) electrons. The second-order valence-corrected chi connectivity index (χ2v) is 10.9. The van der Waals surface area contributed by atoms with Crippen molar-refractivity contribution in [2.45, 2.75) is 50.5 Å². The maximum atomic E-state index is 13.8. The number of carbonyl (C=O) groups excluding carboxylic acids is 1. The highest BCUT2D eigenvalue weighted by Gasteiger charge is 2.30. The quantitative estimate of drug-likeness (QED) is 0.448. The Morgan fingerprint density at radius 1 is 1.06 bits per heavy atom. The first kappa shape index (κ1) is 25.2. The Balaban J connectivity index is 1.05. The predicted octanol–water partition coefficient (Wildman–Crippen LogP) is 5.37. The zero-order chi connectivity index (χ0) is 25.1. The summed E-state index contributed by atoms with van der Waals surface area (Å²) in [6.45, 7) is 4.00. The van der Waals surface area contributed by atoms with E-state index < -0.39 is 0 Å². The molecule has 0 saturated carbocycles. The van der Waals surface area contributed by atoms with Crippen molar-refractivity contribution in [2.24, 2.45) is 5.92 Å². The summed E-state index contributed by atoms with van der Waals surface area (Å²) in [6, 6.07) is 12.6. The topological polar surface area (TPSA) is 59.6 Å². The molecule has 192 valence electrons. The third-order valence-electron chi connectivity index (χ3n) is 8.13. The number of aromatic nitrogens is 1. The van der Waals surface area contributed by atoms with Crippen LogP contribution in [0, 0.1) is 11.7 Å². The van der Waals surface area contributed by atoms with Gasteiger partial charge in [0.05, 0.1) is 6.10 Å². The molecule has 7 heteroatoms. The molecule has 3 heterocycles. The number of benzene rings is 2. The molecule has 5 nitrogen and oxygen atoms in total. The number of aromatic amines is 1. The average Bonchev–Trinajstić information content (AvgIpc) is 3.31. The monoisotopic (exact) mass is 511 g/mol. The Kier molecular flexibility index (Phi) is 7.94. The van der Waals surface area contributed by atoms with Crippen LogP contribution in [0.5, 0.6) is 0 Å². The van der Waals surface area contributed by atoms with Crippen molar-refractivity contribution in [3.8, 4) is 0 Å². The Labute approximate surface area is 217 Å². The van der Waals surface area contributed by atoms with Crippen molar-refractivity contribution < 1.29 is 14.3 Å². The van der Waals surface area contributed by atoms with Crippen LogP contribution in [0.15, 0.2) is 48.7 Å². The van der Waals surface area contributed by atoms with Gasteiger partial charge in [-0.25, -0.2) is 4.39 Å². The van der Waals surface area contributed by atoms with Crippen LogP contribution in [0.25, 0.3) is 10.9 Å². The summed E-state index contributed by atoms with van der Waals surface area (Å²) in [5.41, 5.74) is 3.32. The lowest BCUT2D eigenvalue weighted by atomic mass is 9.87.